The lowest BCUT2D eigenvalue weighted by atomic mass is 10.1. The summed E-state index contributed by atoms with van der Waals surface area (Å²) in [7, 11) is 0. The van der Waals surface area contributed by atoms with Gasteiger partial charge in [-0.15, -0.1) is 0 Å². The first-order valence-electron chi connectivity index (χ1n) is 5.56. The van der Waals surface area contributed by atoms with Crippen LogP contribution in [0.5, 0.6) is 0 Å². The molecule has 0 radical (unpaired) electrons. The van der Waals surface area contributed by atoms with E-state index in [2.05, 4.69) is 0 Å². The summed E-state index contributed by atoms with van der Waals surface area (Å²) in [6.45, 7) is 1.03. The number of hydrogen-bond acceptors (Lipinski definition) is 2. The SMILES string of the molecule is Cc1cccc(/C=C/C(=O)NCC(O)C(F)(F)F)c1. The molecule has 0 saturated heterocycles. The first-order chi connectivity index (χ1) is 8.79. The molecule has 6 heteroatoms. The molecule has 104 valence electrons. The van der Waals surface area contributed by atoms with E-state index in [1.807, 2.05) is 24.4 Å². The highest BCUT2D eigenvalue weighted by atomic mass is 19.4. The Morgan fingerprint density at radius 3 is 2.74 bits per heavy atom. The summed E-state index contributed by atoms with van der Waals surface area (Å²) >= 11 is 0. The van der Waals surface area contributed by atoms with Crippen LogP contribution in [0.3, 0.4) is 0 Å². The molecule has 0 heterocycles. The van der Waals surface area contributed by atoms with Gasteiger partial charge in [0.25, 0.3) is 0 Å². The maximum Gasteiger partial charge on any atom is 0.416 e. The number of carbonyl (C=O) groups is 1. The van der Waals surface area contributed by atoms with E-state index >= 15 is 0 Å². The van der Waals surface area contributed by atoms with Crippen LogP contribution in [-0.2, 0) is 4.79 Å². The van der Waals surface area contributed by atoms with Crippen LogP contribution in [0.15, 0.2) is 30.3 Å². The smallest absolute Gasteiger partial charge is 0.382 e. The third kappa shape index (κ3) is 5.56. The average Bonchev–Trinajstić information content (AvgIpc) is 2.32. The zero-order valence-electron chi connectivity index (χ0n) is 10.2. The Morgan fingerprint density at radius 1 is 1.47 bits per heavy atom. The van der Waals surface area contributed by atoms with Gasteiger partial charge in [-0.1, -0.05) is 29.8 Å². The molecular weight excluding hydrogens is 259 g/mol. The second kappa shape index (κ2) is 6.38. The van der Waals surface area contributed by atoms with E-state index in [1.165, 1.54) is 6.08 Å². The van der Waals surface area contributed by atoms with Crippen molar-refractivity contribution in [3.63, 3.8) is 0 Å². The van der Waals surface area contributed by atoms with Gasteiger partial charge in [0.05, 0.1) is 6.54 Å². The van der Waals surface area contributed by atoms with Gasteiger partial charge in [0.15, 0.2) is 6.10 Å². The van der Waals surface area contributed by atoms with Gasteiger partial charge in [-0.3, -0.25) is 4.79 Å². The van der Waals surface area contributed by atoms with E-state index in [0.717, 1.165) is 17.2 Å². The van der Waals surface area contributed by atoms with Crippen molar-refractivity contribution in [1.82, 2.24) is 5.32 Å². The number of rotatable bonds is 4. The molecule has 1 aromatic rings. The lowest BCUT2D eigenvalue weighted by Gasteiger charge is -2.14. The molecule has 0 aliphatic carbocycles. The Balaban J connectivity index is 2.48. The Hall–Kier alpha value is -1.82. The third-order valence-corrected chi connectivity index (χ3v) is 2.32. The minimum Gasteiger partial charge on any atom is -0.382 e. The monoisotopic (exact) mass is 273 g/mol. The Kier molecular flexibility index (Phi) is 5.11. The van der Waals surface area contributed by atoms with Gasteiger partial charge < -0.3 is 10.4 Å². The molecule has 19 heavy (non-hydrogen) atoms. The number of aryl methyl sites for hydroxylation is 1. The summed E-state index contributed by atoms with van der Waals surface area (Å²) in [4.78, 5) is 11.3. The molecule has 1 unspecified atom stereocenters. The lowest BCUT2D eigenvalue weighted by molar-refractivity contribution is -0.201. The largest absolute Gasteiger partial charge is 0.416 e. The van der Waals surface area contributed by atoms with Crippen LogP contribution in [0.1, 0.15) is 11.1 Å². The molecule has 1 atom stereocenters. The molecule has 0 saturated carbocycles. The van der Waals surface area contributed by atoms with Gasteiger partial charge in [0, 0.05) is 6.08 Å². The summed E-state index contributed by atoms with van der Waals surface area (Å²) in [5.41, 5.74) is 1.78. The molecule has 0 bridgehead atoms. The number of nitrogens with one attached hydrogen (secondary N) is 1. The van der Waals surface area contributed by atoms with Gasteiger partial charge in [-0.25, -0.2) is 0 Å². The minimum atomic E-state index is -4.73. The Bertz CT molecular complexity index is 469. The zero-order valence-corrected chi connectivity index (χ0v) is 10.2. The molecule has 1 amide bonds. The Morgan fingerprint density at radius 2 is 2.16 bits per heavy atom. The second-order valence-electron chi connectivity index (χ2n) is 4.05. The van der Waals surface area contributed by atoms with Crippen LogP contribution in [0.4, 0.5) is 13.2 Å². The first kappa shape index (κ1) is 15.2. The average molecular weight is 273 g/mol. The molecule has 0 aliphatic heterocycles. The second-order valence-corrected chi connectivity index (χ2v) is 4.05. The van der Waals surface area contributed by atoms with Crippen molar-refractivity contribution in [1.29, 1.82) is 0 Å². The van der Waals surface area contributed by atoms with Crippen molar-refractivity contribution in [3.8, 4) is 0 Å². The van der Waals surface area contributed by atoms with Gasteiger partial charge in [0.2, 0.25) is 5.91 Å². The molecule has 0 aliphatic rings. The molecule has 1 aromatic carbocycles. The summed E-state index contributed by atoms with van der Waals surface area (Å²) in [6, 6.07) is 7.28. The fraction of sp³-hybridized carbons (Fsp3) is 0.308. The van der Waals surface area contributed by atoms with Crippen molar-refractivity contribution in [2.45, 2.75) is 19.2 Å². The van der Waals surface area contributed by atoms with E-state index in [1.54, 1.807) is 12.1 Å². The van der Waals surface area contributed by atoms with Crippen LogP contribution in [-0.4, -0.2) is 29.8 Å². The zero-order chi connectivity index (χ0) is 14.5. The van der Waals surface area contributed by atoms with Crippen LogP contribution in [0.25, 0.3) is 6.08 Å². The standard InChI is InChI=1S/C13H14F3NO2/c1-9-3-2-4-10(7-9)5-6-12(19)17-8-11(18)13(14,15)16/h2-7,11,18H,8H2,1H3,(H,17,19)/b6-5+. The highest BCUT2D eigenvalue weighted by Crippen LogP contribution is 2.19. The van der Waals surface area contributed by atoms with Gasteiger partial charge >= 0.3 is 6.18 Å². The van der Waals surface area contributed by atoms with E-state index < -0.39 is 24.7 Å². The molecule has 0 spiro atoms. The van der Waals surface area contributed by atoms with Crippen molar-refractivity contribution >= 4 is 12.0 Å². The lowest BCUT2D eigenvalue weighted by Crippen LogP contribution is -2.40. The maximum atomic E-state index is 12.0. The number of benzene rings is 1. The third-order valence-electron chi connectivity index (χ3n) is 2.32. The summed E-state index contributed by atoms with van der Waals surface area (Å²) < 4.78 is 35.9. The van der Waals surface area contributed by atoms with E-state index in [4.69, 9.17) is 5.11 Å². The molecule has 0 fully saturated rings. The van der Waals surface area contributed by atoms with Crippen LogP contribution in [0.2, 0.25) is 0 Å². The molecule has 1 rings (SSSR count). The van der Waals surface area contributed by atoms with Gasteiger partial charge in [0.1, 0.15) is 0 Å². The van der Waals surface area contributed by atoms with Crippen LogP contribution < -0.4 is 5.32 Å². The normalized spacial score (nSPS) is 13.5. The first-order valence-corrected chi connectivity index (χ1v) is 5.56. The topological polar surface area (TPSA) is 49.3 Å². The number of halogens is 3. The highest BCUT2D eigenvalue weighted by molar-refractivity contribution is 5.91. The summed E-state index contributed by atoms with van der Waals surface area (Å²) in [5, 5.41) is 10.7. The van der Waals surface area contributed by atoms with Crippen molar-refractivity contribution in [2.24, 2.45) is 0 Å². The van der Waals surface area contributed by atoms with E-state index in [0.29, 0.717) is 0 Å². The van der Waals surface area contributed by atoms with E-state index in [9.17, 15) is 18.0 Å². The number of amides is 1. The van der Waals surface area contributed by atoms with Gasteiger partial charge in [-0.2, -0.15) is 13.2 Å². The van der Waals surface area contributed by atoms with Crippen LogP contribution >= 0.6 is 0 Å². The van der Waals surface area contributed by atoms with Crippen molar-refractivity contribution in [3.05, 3.63) is 41.5 Å². The minimum absolute atomic E-state index is 0.690. The predicted molar refractivity (Wildman–Crippen MR) is 65.3 cm³/mol. The number of hydrogen-bond donors (Lipinski definition) is 2. The number of aliphatic hydroxyl groups is 1. The number of alkyl halides is 3. The highest BCUT2D eigenvalue weighted by Gasteiger charge is 2.37. The van der Waals surface area contributed by atoms with Crippen LogP contribution in [0, 0.1) is 6.92 Å². The maximum absolute atomic E-state index is 12.0. The van der Waals surface area contributed by atoms with E-state index in [-0.39, 0.29) is 0 Å². The Labute approximate surface area is 108 Å². The number of carbonyl (C=O) groups excluding carboxylic acids is 1. The quantitative estimate of drug-likeness (QED) is 0.825. The molecule has 0 aromatic heterocycles. The molecular formula is C13H14F3NO2. The number of aliphatic hydroxyl groups excluding tert-OH is 1. The van der Waals surface area contributed by atoms with Crippen molar-refractivity contribution in [2.75, 3.05) is 6.54 Å². The predicted octanol–water partition coefficient (Wildman–Crippen LogP) is 2.05. The van der Waals surface area contributed by atoms with Crippen molar-refractivity contribution < 1.29 is 23.1 Å². The molecule has 2 N–H and O–H groups in total. The fourth-order valence-electron chi connectivity index (χ4n) is 1.32. The summed E-state index contributed by atoms with van der Waals surface area (Å²) in [5.74, 6) is -0.690. The fourth-order valence-corrected chi connectivity index (χ4v) is 1.32. The molecule has 3 nitrogen and oxygen atoms in total. The summed E-state index contributed by atoms with van der Waals surface area (Å²) in [6.07, 6.45) is -4.67. The van der Waals surface area contributed by atoms with Gasteiger partial charge in [-0.05, 0) is 18.6 Å².